The first-order valence-electron chi connectivity index (χ1n) is 5.58. The topological polar surface area (TPSA) is 50.9 Å². The van der Waals surface area contributed by atoms with Crippen molar-refractivity contribution in [1.82, 2.24) is 15.0 Å². The van der Waals surface area contributed by atoms with Gasteiger partial charge >= 0.3 is 0 Å². The van der Waals surface area contributed by atoms with Crippen molar-refractivity contribution in [1.29, 1.82) is 0 Å². The van der Waals surface area contributed by atoms with Gasteiger partial charge in [0.2, 0.25) is 0 Å². The lowest BCUT2D eigenvalue weighted by Gasteiger charge is -2.25. The van der Waals surface area contributed by atoms with Gasteiger partial charge in [-0.2, -0.15) is 23.5 Å². The van der Waals surface area contributed by atoms with Gasteiger partial charge in [-0.25, -0.2) is 4.68 Å². The number of aryl methyl sites for hydroxylation is 1. The molecule has 1 fully saturated rings. The van der Waals surface area contributed by atoms with Crippen LogP contribution in [-0.2, 0) is 6.54 Å². The van der Waals surface area contributed by atoms with Crippen molar-refractivity contribution in [3.05, 3.63) is 11.9 Å². The summed E-state index contributed by atoms with van der Waals surface area (Å²) in [5, 5.41) is 18.5. The standard InChI is InChI=1S/C10H17N3OS2/c1-2-3-13-8(6-11-12-13)10(14)9-7-15-4-5-16-9/h6,9-10,14H,2-5,7H2,1H3. The van der Waals surface area contributed by atoms with Crippen molar-refractivity contribution in [2.45, 2.75) is 31.2 Å². The highest BCUT2D eigenvalue weighted by molar-refractivity contribution is 8.06. The molecule has 2 atom stereocenters. The van der Waals surface area contributed by atoms with Crippen LogP contribution in [0.15, 0.2) is 6.20 Å². The maximum atomic E-state index is 10.3. The third kappa shape index (κ3) is 2.73. The predicted molar refractivity (Wildman–Crippen MR) is 68.8 cm³/mol. The van der Waals surface area contributed by atoms with E-state index in [1.807, 2.05) is 28.2 Å². The number of hydrogen-bond donors (Lipinski definition) is 1. The van der Waals surface area contributed by atoms with Gasteiger partial charge in [0, 0.05) is 29.1 Å². The first kappa shape index (κ1) is 12.3. The molecule has 0 aliphatic carbocycles. The molecule has 0 saturated carbocycles. The van der Waals surface area contributed by atoms with Crippen LogP contribution in [0, 0.1) is 0 Å². The molecule has 1 aliphatic heterocycles. The first-order valence-corrected chi connectivity index (χ1v) is 7.79. The van der Waals surface area contributed by atoms with Crippen molar-refractivity contribution in [2.24, 2.45) is 0 Å². The van der Waals surface area contributed by atoms with E-state index < -0.39 is 6.10 Å². The quantitative estimate of drug-likeness (QED) is 0.889. The van der Waals surface area contributed by atoms with Crippen LogP contribution in [0.4, 0.5) is 0 Å². The van der Waals surface area contributed by atoms with Crippen LogP contribution in [0.3, 0.4) is 0 Å². The largest absolute Gasteiger partial charge is 0.386 e. The van der Waals surface area contributed by atoms with Gasteiger partial charge in [0.25, 0.3) is 0 Å². The number of aromatic nitrogens is 3. The lowest BCUT2D eigenvalue weighted by molar-refractivity contribution is 0.168. The van der Waals surface area contributed by atoms with Crippen molar-refractivity contribution in [2.75, 3.05) is 17.3 Å². The van der Waals surface area contributed by atoms with Crippen LogP contribution in [0.25, 0.3) is 0 Å². The van der Waals surface area contributed by atoms with Crippen LogP contribution in [0.5, 0.6) is 0 Å². The van der Waals surface area contributed by atoms with Crippen LogP contribution in [0.1, 0.15) is 25.1 Å². The van der Waals surface area contributed by atoms with Crippen LogP contribution in [0.2, 0.25) is 0 Å². The summed E-state index contributed by atoms with van der Waals surface area (Å²) < 4.78 is 1.82. The van der Waals surface area contributed by atoms with Gasteiger partial charge in [-0.1, -0.05) is 12.1 Å². The molecule has 0 spiro atoms. The second-order valence-electron chi connectivity index (χ2n) is 3.81. The number of hydrogen-bond acceptors (Lipinski definition) is 5. The monoisotopic (exact) mass is 259 g/mol. The van der Waals surface area contributed by atoms with E-state index in [-0.39, 0.29) is 5.25 Å². The van der Waals surface area contributed by atoms with Gasteiger partial charge in [-0.05, 0) is 6.42 Å². The molecule has 2 rings (SSSR count). The fourth-order valence-electron chi connectivity index (χ4n) is 1.76. The SMILES string of the molecule is CCCn1nncc1C(O)C1CSCCS1. The molecular weight excluding hydrogens is 242 g/mol. The molecule has 0 bridgehead atoms. The van der Waals surface area contributed by atoms with Crippen molar-refractivity contribution in [3.63, 3.8) is 0 Å². The van der Waals surface area contributed by atoms with E-state index in [2.05, 4.69) is 17.2 Å². The number of aliphatic hydroxyl groups is 1. The summed E-state index contributed by atoms with van der Waals surface area (Å²) in [6, 6.07) is 0. The van der Waals surface area contributed by atoms with E-state index in [0.29, 0.717) is 0 Å². The molecular formula is C10H17N3OS2. The van der Waals surface area contributed by atoms with E-state index in [1.54, 1.807) is 6.20 Å². The lowest BCUT2D eigenvalue weighted by Crippen LogP contribution is -2.24. The maximum absolute atomic E-state index is 10.3. The van der Waals surface area contributed by atoms with Gasteiger partial charge in [0.1, 0.15) is 6.10 Å². The average molecular weight is 259 g/mol. The van der Waals surface area contributed by atoms with E-state index in [9.17, 15) is 5.11 Å². The summed E-state index contributed by atoms with van der Waals surface area (Å²) in [5.41, 5.74) is 0.863. The molecule has 0 amide bonds. The molecule has 1 aromatic rings. The minimum Gasteiger partial charge on any atom is -0.386 e. The lowest BCUT2D eigenvalue weighted by atomic mass is 10.2. The minimum absolute atomic E-state index is 0.285. The van der Waals surface area contributed by atoms with E-state index in [1.165, 1.54) is 5.75 Å². The highest BCUT2D eigenvalue weighted by Crippen LogP contribution is 2.33. The zero-order valence-corrected chi connectivity index (χ0v) is 11.0. The zero-order valence-electron chi connectivity index (χ0n) is 9.37. The summed E-state index contributed by atoms with van der Waals surface area (Å²) in [7, 11) is 0. The number of thioether (sulfide) groups is 2. The third-order valence-corrected chi connectivity index (χ3v) is 5.43. The fraction of sp³-hybridized carbons (Fsp3) is 0.800. The molecule has 1 N–H and O–H groups in total. The highest BCUT2D eigenvalue weighted by Gasteiger charge is 2.26. The fourth-order valence-corrected chi connectivity index (χ4v) is 4.49. The molecule has 2 unspecified atom stereocenters. The predicted octanol–water partition coefficient (Wildman–Crippen LogP) is 1.57. The molecule has 0 radical (unpaired) electrons. The Morgan fingerprint density at radius 1 is 1.62 bits per heavy atom. The summed E-state index contributed by atoms with van der Waals surface area (Å²) in [5.74, 6) is 3.34. The van der Waals surface area contributed by atoms with E-state index in [4.69, 9.17) is 0 Å². The van der Waals surface area contributed by atoms with Crippen LogP contribution in [-0.4, -0.2) is 42.6 Å². The van der Waals surface area contributed by atoms with E-state index in [0.717, 1.165) is 30.2 Å². The molecule has 1 aromatic heterocycles. The summed E-state index contributed by atoms with van der Waals surface area (Å²) in [6.45, 7) is 2.93. The molecule has 2 heterocycles. The van der Waals surface area contributed by atoms with Gasteiger partial charge in [-0.15, -0.1) is 5.10 Å². The Morgan fingerprint density at radius 3 is 3.19 bits per heavy atom. The molecule has 4 nitrogen and oxygen atoms in total. The van der Waals surface area contributed by atoms with Crippen molar-refractivity contribution < 1.29 is 5.11 Å². The van der Waals surface area contributed by atoms with Gasteiger partial charge in [-0.3, -0.25) is 0 Å². The average Bonchev–Trinajstić information content (AvgIpc) is 2.78. The second-order valence-corrected chi connectivity index (χ2v) is 6.31. The highest BCUT2D eigenvalue weighted by atomic mass is 32.2. The molecule has 1 aliphatic rings. The molecule has 1 saturated heterocycles. The third-order valence-electron chi connectivity index (χ3n) is 2.58. The normalized spacial score (nSPS) is 23.2. The Labute approximate surface area is 104 Å². The number of aliphatic hydroxyl groups excluding tert-OH is 1. The number of rotatable bonds is 4. The van der Waals surface area contributed by atoms with E-state index >= 15 is 0 Å². The summed E-state index contributed by atoms with van der Waals surface area (Å²) in [6.07, 6.45) is 2.27. The zero-order chi connectivity index (χ0) is 11.4. The first-order chi connectivity index (χ1) is 7.83. The maximum Gasteiger partial charge on any atom is 0.110 e. The Hall–Kier alpha value is -0.200. The minimum atomic E-state index is -0.431. The Morgan fingerprint density at radius 2 is 2.50 bits per heavy atom. The van der Waals surface area contributed by atoms with Gasteiger partial charge in [0.05, 0.1) is 11.9 Å². The summed E-state index contributed by atoms with van der Waals surface area (Å²) >= 11 is 3.77. The second kappa shape index (κ2) is 5.93. The molecule has 16 heavy (non-hydrogen) atoms. The van der Waals surface area contributed by atoms with Crippen molar-refractivity contribution >= 4 is 23.5 Å². The molecule has 90 valence electrons. The molecule has 0 aromatic carbocycles. The molecule has 6 heteroatoms. The van der Waals surface area contributed by atoms with Crippen molar-refractivity contribution in [3.8, 4) is 0 Å². The van der Waals surface area contributed by atoms with Crippen LogP contribution < -0.4 is 0 Å². The van der Waals surface area contributed by atoms with Crippen LogP contribution >= 0.6 is 23.5 Å². The Bertz CT molecular complexity index is 326. The van der Waals surface area contributed by atoms with Gasteiger partial charge in [0.15, 0.2) is 0 Å². The van der Waals surface area contributed by atoms with Gasteiger partial charge < -0.3 is 5.11 Å². The Kier molecular flexibility index (Phi) is 4.55. The summed E-state index contributed by atoms with van der Waals surface area (Å²) in [4.78, 5) is 0. The number of nitrogens with zero attached hydrogens (tertiary/aromatic N) is 3. The smallest absolute Gasteiger partial charge is 0.110 e. The Balaban J connectivity index is 2.06.